The molecule has 2 aromatic heterocycles. The highest BCUT2D eigenvalue weighted by Crippen LogP contribution is 2.32. The van der Waals surface area contributed by atoms with E-state index in [4.69, 9.17) is 5.73 Å². The van der Waals surface area contributed by atoms with Gasteiger partial charge in [-0.25, -0.2) is 14.4 Å². The molecule has 9 heteroatoms. The number of nitrogens with one attached hydrogen (secondary N) is 2. The Hall–Kier alpha value is -2.78. The minimum Gasteiger partial charge on any atom is -0.396 e. The third-order valence-electron chi connectivity index (χ3n) is 6.23. The third-order valence-corrected chi connectivity index (χ3v) is 7.31. The normalized spacial score (nSPS) is 21.2. The van der Waals surface area contributed by atoms with E-state index in [1.165, 1.54) is 22.5 Å². The van der Waals surface area contributed by atoms with Crippen LogP contribution in [0.15, 0.2) is 24.4 Å². The highest BCUT2D eigenvalue weighted by Gasteiger charge is 2.25. The first kappa shape index (κ1) is 21.1. The van der Waals surface area contributed by atoms with E-state index in [1.807, 2.05) is 6.92 Å². The molecule has 32 heavy (non-hydrogen) atoms. The zero-order chi connectivity index (χ0) is 22.2. The van der Waals surface area contributed by atoms with Crippen LogP contribution < -0.4 is 21.3 Å². The fourth-order valence-electron chi connectivity index (χ4n) is 4.55. The van der Waals surface area contributed by atoms with Gasteiger partial charge in [-0.15, -0.1) is 11.3 Å². The predicted molar refractivity (Wildman–Crippen MR) is 126 cm³/mol. The monoisotopic (exact) mass is 454 g/mol. The zero-order valence-electron chi connectivity index (χ0n) is 18.0. The molecule has 0 unspecified atom stereocenters. The summed E-state index contributed by atoms with van der Waals surface area (Å²) in [5.74, 6) is -0.166. The summed E-state index contributed by atoms with van der Waals surface area (Å²) in [5.41, 5.74) is 11.6. The molecule has 2 atom stereocenters. The molecule has 168 valence electrons. The number of nitrogen functional groups attached to an aromatic ring is 1. The number of halogens is 1. The molecule has 1 saturated heterocycles. The van der Waals surface area contributed by atoms with E-state index >= 15 is 0 Å². The summed E-state index contributed by atoms with van der Waals surface area (Å²) in [6.45, 7) is 4.30. The Kier molecular flexibility index (Phi) is 5.69. The molecule has 5 rings (SSSR count). The lowest BCUT2D eigenvalue weighted by atomic mass is 9.87. The summed E-state index contributed by atoms with van der Waals surface area (Å²) in [6, 6.07) is 6.43. The first-order valence-corrected chi connectivity index (χ1v) is 11.8. The SMILES string of the molecule is Cc1cnc2c(N)c(C(=O)N[C@@H]3CCc4cc(N5CCNC[C@H](F)C5)ccc4C3)sc2n1. The minimum atomic E-state index is -0.858. The highest BCUT2D eigenvalue weighted by atomic mass is 32.1. The minimum absolute atomic E-state index is 0.0470. The van der Waals surface area contributed by atoms with Crippen molar-refractivity contribution >= 4 is 39.0 Å². The molecule has 0 bridgehead atoms. The van der Waals surface area contributed by atoms with Crippen molar-refractivity contribution in [2.24, 2.45) is 0 Å². The Labute approximate surface area is 190 Å². The highest BCUT2D eigenvalue weighted by molar-refractivity contribution is 7.21. The number of aryl methyl sites for hydroxylation is 2. The average molecular weight is 455 g/mol. The van der Waals surface area contributed by atoms with E-state index in [1.54, 1.807) is 6.20 Å². The number of nitrogens with two attached hydrogens (primary N) is 1. The molecule has 0 spiro atoms. The van der Waals surface area contributed by atoms with Crippen LogP contribution in [0.3, 0.4) is 0 Å². The molecule has 1 aliphatic carbocycles. The Morgan fingerprint density at radius 2 is 2.25 bits per heavy atom. The van der Waals surface area contributed by atoms with Crippen LogP contribution in [0.5, 0.6) is 0 Å². The van der Waals surface area contributed by atoms with Crippen molar-refractivity contribution in [2.75, 3.05) is 36.8 Å². The lowest BCUT2D eigenvalue weighted by Gasteiger charge is -2.28. The van der Waals surface area contributed by atoms with Crippen molar-refractivity contribution in [1.82, 2.24) is 20.6 Å². The van der Waals surface area contributed by atoms with Crippen LogP contribution in [0, 0.1) is 6.92 Å². The standard InChI is InChI=1S/C23H27FN6OS/c1-13-10-27-20-19(25)21(32-23(20)28-13)22(31)29-17-4-2-15-9-18(5-3-14(15)8-17)30-7-6-26-11-16(24)12-30/h3,5,9-10,16-17,26H,2,4,6-8,11-12,25H2,1H3,(H,29,31)/t16-,17+/m0/s1. The number of nitrogens with zero attached hydrogens (tertiary/aromatic N) is 3. The van der Waals surface area contributed by atoms with Crippen LogP contribution in [0.25, 0.3) is 10.3 Å². The number of anilines is 2. The number of rotatable bonds is 3. The lowest BCUT2D eigenvalue weighted by Crippen LogP contribution is -2.39. The third kappa shape index (κ3) is 4.14. The van der Waals surface area contributed by atoms with Gasteiger partial charge < -0.3 is 21.3 Å². The molecule has 3 heterocycles. The smallest absolute Gasteiger partial charge is 0.263 e. The molecular formula is C23H27FN6OS. The molecule has 0 saturated carbocycles. The van der Waals surface area contributed by atoms with Crippen molar-refractivity contribution in [3.8, 4) is 0 Å². The van der Waals surface area contributed by atoms with E-state index in [-0.39, 0.29) is 11.9 Å². The molecule has 1 fully saturated rings. The molecule has 4 N–H and O–H groups in total. The number of alkyl halides is 1. The first-order chi connectivity index (χ1) is 15.5. The average Bonchev–Trinajstić information content (AvgIpc) is 2.95. The number of aromatic nitrogens is 2. The maximum atomic E-state index is 14.0. The summed E-state index contributed by atoms with van der Waals surface area (Å²) < 4.78 is 14.0. The van der Waals surface area contributed by atoms with Gasteiger partial charge in [-0.1, -0.05) is 6.07 Å². The van der Waals surface area contributed by atoms with Crippen molar-refractivity contribution in [3.63, 3.8) is 0 Å². The van der Waals surface area contributed by atoms with E-state index in [0.717, 1.165) is 43.7 Å². The number of carbonyl (C=O) groups is 1. The van der Waals surface area contributed by atoms with Crippen LogP contribution in [0.2, 0.25) is 0 Å². The van der Waals surface area contributed by atoms with Crippen molar-refractivity contribution in [2.45, 2.75) is 38.4 Å². The van der Waals surface area contributed by atoms with Gasteiger partial charge in [0.15, 0.2) is 0 Å². The number of fused-ring (bicyclic) bond motifs is 2. The van der Waals surface area contributed by atoms with Gasteiger partial charge in [-0.3, -0.25) is 4.79 Å². The van der Waals surface area contributed by atoms with Gasteiger partial charge in [-0.05, 0) is 49.4 Å². The maximum Gasteiger partial charge on any atom is 0.263 e. The van der Waals surface area contributed by atoms with Crippen LogP contribution >= 0.6 is 11.3 Å². The molecule has 3 aromatic rings. The number of carbonyl (C=O) groups excluding carboxylic acids is 1. The van der Waals surface area contributed by atoms with E-state index < -0.39 is 6.17 Å². The maximum absolute atomic E-state index is 14.0. The first-order valence-electron chi connectivity index (χ1n) is 11.0. The largest absolute Gasteiger partial charge is 0.396 e. The summed E-state index contributed by atoms with van der Waals surface area (Å²) in [6.07, 6.45) is 3.31. The van der Waals surface area contributed by atoms with Crippen LogP contribution in [0.1, 0.15) is 32.9 Å². The predicted octanol–water partition coefficient (Wildman–Crippen LogP) is 2.62. The molecular weight excluding hydrogens is 427 g/mol. The van der Waals surface area contributed by atoms with Crippen LogP contribution in [-0.4, -0.2) is 54.3 Å². The number of hydrogen-bond donors (Lipinski definition) is 3. The molecule has 2 aliphatic rings. The van der Waals surface area contributed by atoms with Gasteiger partial charge in [0.25, 0.3) is 5.91 Å². The topological polar surface area (TPSA) is 96.2 Å². The molecule has 1 amide bonds. The number of benzene rings is 1. The van der Waals surface area contributed by atoms with Crippen LogP contribution in [-0.2, 0) is 12.8 Å². The fourth-order valence-corrected chi connectivity index (χ4v) is 5.55. The van der Waals surface area contributed by atoms with Gasteiger partial charge in [-0.2, -0.15) is 0 Å². The van der Waals surface area contributed by atoms with Crippen LogP contribution in [0.4, 0.5) is 15.8 Å². The van der Waals surface area contributed by atoms with E-state index in [0.29, 0.717) is 34.0 Å². The second-order valence-corrected chi connectivity index (χ2v) is 9.62. The Morgan fingerprint density at radius 3 is 3.12 bits per heavy atom. The quantitative estimate of drug-likeness (QED) is 0.563. The summed E-state index contributed by atoms with van der Waals surface area (Å²) in [4.78, 5) is 25.0. The zero-order valence-corrected chi connectivity index (χ0v) is 18.8. The summed E-state index contributed by atoms with van der Waals surface area (Å²) in [5, 5.41) is 6.29. The molecule has 1 aromatic carbocycles. The van der Waals surface area contributed by atoms with E-state index in [2.05, 4.69) is 43.7 Å². The van der Waals surface area contributed by atoms with Crippen molar-refractivity contribution in [1.29, 1.82) is 0 Å². The Bertz CT molecular complexity index is 1160. The summed E-state index contributed by atoms with van der Waals surface area (Å²) >= 11 is 1.29. The molecule has 7 nitrogen and oxygen atoms in total. The van der Waals surface area contributed by atoms with E-state index in [9.17, 15) is 9.18 Å². The molecule has 1 aliphatic heterocycles. The lowest BCUT2D eigenvalue weighted by molar-refractivity contribution is 0.0938. The number of amides is 1. The van der Waals surface area contributed by atoms with Gasteiger partial charge in [0.2, 0.25) is 0 Å². The number of thiophene rings is 1. The summed E-state index contributed by atoms with van der Waals surface area (Å²) in [7, 11) is 0. The molecule has 0 radical (unpaired) electrons. The fraction of sp³-hybridized carbons (Fsp3) is 0.435. The van der Waals surface area contributed by atoms with Gasteiger partial charge in [0.05, 0.1) is 17.9 Å². The van der Waals surface area contributed by atoms with Gasteiger partial charge >= 0.3 is 0 Å². The van der Waals surface area contributed by atoms with Gasteiger partial charge in [0.1, 0.15) is 21.4 Å². The van der Waals surface area contributed by atoms with Crippen molar-refractivity contribution < 1.29 is 9.18 Å². The second-order valence-electron chi connectivity index (χ2n) is 8.62. The second kappa shape index (κ2) is 8.63. The van der Waals surface area contributed by atoms with Crippen molar-refractivity contribution in [3.05, 3.63) is 46.1 Å². The van der Waals surface area contributed by atoms with Gasteiger partial charge in [0, 0.05) is 37.6 Å². The Morgan fingerprint density at radius 1 is 1.38 bits per heavy atom. The Balaban J connectivity index is 1.28. The number of hydrogen-bond acceptors (Lipinski definition) is 7.